The van der Waals surface area contributed by atoms with E-state index in [1.165, 1.54) is 0 Å². The van der Waals surface area contributed by atoms with Crippen LogP contribution in [0.5, 0.6) is 5.75 Å². The Kier molecular flexibility index (Phi) is 5.02. The van der Waals surface area contributed by atoms with E-state index >= 15 is 0 Å². The molecule has 1 N–H and O–H groups in total. The van der Waals surface area contributed by atoms with Gasteiger partial charge in [0.25, 0.3) is 5.91 Å². The predicted octanol–water partition coefficient (Wildman–Crippen LogP) is 6.32. The highest BCUT2D eigenvalue weighted by atomic mass is 35.5. The molecule has 5 aromatic rings. The first-order chi connectivity index (χ1) is 15.2. The van der Waals surface area contributed by atoms with Crippen LogP contribution in [0.4, 0.5) is 5.69 Å². The third kappa shape index (κ3) is 4.09. The van der Waals surface area contributed by atoms with Crippen LogP contribution in [0.2, 0.25) is 5.02 Å². The van der Waals surface area contributed by atoms with Crippen LogP contribution in [0.25, 0.3) is 33.3 Å². The summed E-state index contributed by atoms with van der Waals surface area (Å²) in [7, 11) is 0. The fraction of sp³-hybridized carbons (Fsp3) is 0.0400. The molecule has 0 radical (unpaired) electrons. The molecular formula is C25H17ClN2O3. The second-order valence-electron chi connectivity index (χ2n) is 7.03. The number of ether oxygens (including phenoxy) is 1. The van der Waals surface area contributed by atoms with Crippen LogP contribution in [-0.4, -0.2) is 17.5 Å². The molecule has 0 saturated heterocycles. The number of benzene rings is 4. The number of hydrogen-bond donors (Lipinski definition) is 1. The zero-order chi connectivity index (χ0) is 21.2. The van der Waals surface area contributed by atoms with Crippen molar-refractivity contribution in [2.24, 2.45) is 0 Å². The van der Waals surface area contributed by atoms with E-state index in [9.17, 15) is 4.79 Å². The average Bonchev–Trinajstić information content (AvgIpc) is 3.21. The molecule has 0 atom stereocenters. The number of hydrogen-bond acceptors (Lipinski definition) is 4. The van der Waals surface area contributed by atoms with Crippen molar-refractivity contribution in [1.82, 2.24) is 4.98 Å². The molecule has 31 heavy (non-hydrogen) atoms. The van der Waals surface area contributed by atoms with Gasteiger partial charge in [-0.2, -0.15) is 0 Å². The summed E-state index contributed by atoms with van der Waals surface area (Å²) in [5, 5.41) is 5.48. The van der Waals surface area contributed by atoms with E-state index in [1.807, 2.05) is 54.6 Å². The molecule has 0 fully saturated rings. The van der Waals surface area contributed by atoms with E-state index in [-0.39, 0.29) is 12.5 Å². The highest BCUT2D eigenvalue weighted by molar-refractivity contribution is 6.30. The predicted molar refractivity (Wildman–Crippen MR) is 123 cm³/mol. The summed E-state index contributed by atoms with van der Waals surface area (Å²) < 4.78 is 11.6. The molecule has 0 bridgehead atoms. The summed E-state index contributed by atoms with van der Waals surface area (Å²) in [6.45, 7) is -0.0986. The highest BCUT2D eigenvalue weighted by Crippen LogP contribution is 2.28. The molecular weight excluding hydrogens is 412 g/mol. The number of rotatable bonds is 5. The molecule has 1 heterocycles. The first-order valence-electron chi connectivity index (χ1n) is 9.73. The smallest absolute Gasteiger partial charge is 0.262 e. The zero-order valence-corrected chi connectivity index (χ0v) is 17.1. The molecule has 1 aromatic heterocycles. The number of halogens is 1. The Bertz CT molecular complexity index is 1410. The standard InChI is InChI=1S/C25H17ClN2O3/c26-18-8-3-7-17(13-18)25-28-21-14-19(11-12-23(21)31-25)27-24(29)15-30-22-10-4-6-16-5-1-2-9-20(16)22/h1-14H,15H2,(H,27,29). The van der Waals surface area contributed by atoms with Crippen molar-refractivity contribution in [3.8, 4) is 17.2 Å². The number of nitrogens with one attached hydrogen (secondary N) is 1. The van der Waals surface area contributed by atoms with Crippen LogP contribution < -0.4 is 10.1 Å². The average molecular weight is 429 g/mol. The Morgan fingerprint density at radius 2 is 1.81 bits per heavy atom. The van der Waals surface area contributed by atoms with E-state index in [0.717, 1.165) is 16.3 Å². The maximum Gasteiger partial charge on any atom is 0.262 e. The zero-order valence-electron chi connectivity index (χ0n) is 16.3. The van der Waals surface area contributed by atoms with E-state index in [2.05, 4.69) is 10.3 Å². The topological polar surface area (TPSA) is 64.4 Å². The Morgan fingerprint density at radius 1 is 0.968 bits per heavy atom. The van der Waals surface area contributed by atoms with Gasteiger partial charge in [-0.3, -0.25) is 4.79 Å². The number of anilines is 1. The molecule has 6 heteroatoms. The van der Waals surface area contributed by atoms with E-state index < -0.39 is 0 Å². The molecule has 5 rings (SSSR count). The van der Waals surface area contributed by atoms with Gasteiger partial charge in [-0.05, 0) is 47.9 Å². The van der Waals surface area contributed by atoms with Crippen molar-refractivity contribution in [2.45, 2.75) is 0 Å². The van der Waals surface area contributed by atoms with Gasteiger partial charge < -0.3 is 14.5 Å². The first kappa shape index (κ1) is 19.2. The molecule has 0 aliphatic rings. The SMILES string of the molecule is O=C(COc1cccc2ccccc12)Nc1ccc2oc(-c3cccc(Cl)c3)nc2c1. The van der Waals surface area contributed by atoms with Crippen molar-refractivity contribution >= 4 is 45.1 Å². The quantitative estimate of drug-likeness (QED) is 0.356. The van der Waals surface area contributed by atoms with Crippen molar-refractivity contribution in [1.29, 1.82) is 0 Å². The molecule has 0 spiro atoms. The molecule has 1 amide bonds. The number of amides is 1. The summed E-state index contributed by atoms with van der Waals surface area (Å²) in [5.41, 5.74) is 2.67. The number of carbonyl (C=O) groups is 1. The summed E-state index contributed by atoms with van der Waals surface area (Å²) in [6, 6.07) is 26.3. The second-order valence-corrected chi connectivity index (χ2v) is 7.46. The lowest BCUT2D eigenvalue weighted by molar-refractivity contribution is -0.118. The van der Waals surface area contributed by atoms with Crippen LogP contribution >= 0.6 is 11.6 Å². The first-order valence-corrected chi connectivity index (χ1v) is 10.1. The van der Waals surface area contributed by atoms with Gasteiger partial charge in [-0.1, -0.05) is 54.1 Å². The lowest BCUT2D eigenvalue weighted by Crippen LogP contribution is -2.20. The fourth-order valence-corrected chi connectivity index (χ4v) is 3.60. The Labute approximate surface area is 183 Å². The van der Waals surface area contributed by atoms with Crippen molar-refractivity contribution in [3.63, 3.8) is 0 Å². The van der Waals surface area contributed by atoms with Crippen LogP contribution in [0.1, 0.15) is 0 Å². The maximum absolute atomic E-state index is 12.4. The number of fused-ring (bicyclic) bond motifs is 2. The van der Waals surface area contributed by atoms with Crippen LogP contribution in [0.15, 0.2) is 89.3 Å². The summed E-state index contributed by atoms with van der Waals surface area (Å²) in [5.74, 6) is 0.887. The van der Waals surface area contributed by atoms with Crippen LogP contribution in [0, 0.1) is 0 Å². The van der Waals surface area contributed by atoms with Gasteiger partial charge in [0.2, 0.25) is 5.89 Å². The normalized spacial score (nSPS) is 11.0. The van der Waals surface area contributed by atoms with Crippen LogP contribution in [-0.2, 0) is 4.79 Å². The molecule has 0 aliphatic carbocycles. The maximum atomic E-state index is 12.4. The number of nitrogens with zero attached hydrogens (tertiary/aromatic N) is 1. The lowest BCUT2D eigenvalue weighted by Gasteiger charge is -2.09. The second kappa shape index (κ2) is 8.13. The van der Waals surface area contributed by atoms with E-state index in [4.69, 9.17) is 20.8 Å². The highest BCUT2D eigenvalue weighted by Gasteiger charge is 2.11. The van der Waals surface area contributed by atoms with Gasteiger partial charge >= 0.3 is 0 Å². The van der Waals surface area contributed by atoms with E-state index in [1.54, 1.807) is 30.3 Å². The lowest BCUT2D eigenvalue weighted by atomic mass is 10.1. The third-order valence-electron chi connectivity index (χ3n) is 4.85. The van der Waals surface area contributed by atoms with Gasteiger partial charge in [-0.25, -0.2) is 4.98 Å². The number of carbonyl (C=O) groups excluding carboxylic acids is 1. The Balaban J connectivity index is 1.30. The van der Waals surface area contributed by atoms with Gasteiger partial charge in [0.1, 0.15) is 11.3 Å². The minimum atomic E-state index is -0.258. The van der Waals surface area contributed by atoms with Gasteiger partial charge in [-0.15, -0.1) is 0 Å². The fourth-order valence-electron chi connectivity index (χ4n) is 3.41. The van der Waals surface area contributed by atoms with Gasteiger partial charge in [0, 0.05) is 21.7 Å². The van der Waals surface area contributed by atoms with Gasteiger partial charge in [0.15, 0.2) is 12.2 Å². The minimum Gasteiger partial charge on any atom is -0.483 e. The number of oxazole rings is 1. The summed E-state index contributed by atoms with van der Waals surface area (Å²) in [6.07, 6.45) is 0. The molecule has 4 aromatic carbocycles. The molecule has 0 unspecified atom stereocenters. The monoisotopic (exact) mass is 428 g/mol. The van der Waals surface area contributed by atoms with Crippen LogP contribution in [0.3, 0.4) is 0 Å². The molecule has 0 saturated carbocycles. The van der Waals surface area contributed by atoms with Crippen molar-refractivity contribution < 1.29 is 13.9 Å². The van der Waals surface area contributed by atoms with Crippen molar-refractivity contribution in [3.05, 3.63) is 90.0 Å². The third-order valence-corrected chi connectivity index (χ3v) is 5.09. The molecule has 152 valence electrons. The Morgan fingerprint density at radius 3 is 2.71 bits per heavy atom. The summed E-state index contributed by atoms with van der Waals surface area (Å²) >= 11 is 6.05. The van der Waals surface area contributed by atoms with E-state index in [0.29, 0.717) is 33.4 Å². The van der Waals surface area contributed by atoms with Gasteiger partial charge in [0.05, 0.1) is 0 Å². The minimum absolute atomic E-state index is 0.0986. The largest absolute Gasteiger partial charge is 0.483 e. The molecule has 0 aliphatic heterocycles. The molecule has 5 nitrogen and oxygen atoms in total. The number of aromatic nitrogens is 1. The summed E-state index contributed by atoms with van der Waals surface area (Å²) in [4.78, 5) is 16.9. The Hall–Kier alpha value is -3.83. The van der Waals surface area contributed by atoms with Crippen molar-refractivity contribution in [2.75, 3.05) is 11.9 Å².